The van der Waals surface area contributed by atoms with E-state index in [9.17, 15) is 0 Å². The van der Waals surface area contributed by atoms with E-state index in [1.165, 1.54) is 74.8 Å². The molecule has 0 amide bonds. The molecule has 0 bridgehead atoms. The average molecular weight is 464 g/mol. The molecule has 2 heteroatoms. The first-order valence-electron chi connectivity index (χ1n) is 12.0. The molecule has 2 heterocycles. The Balaban J connectivity index is 1.59. The Kier molecular flexibility index (Phi) is 3.81. The zero-order valence-corrected chi connectivity index (χ0v) is 20.1. The molecule has 35 heavy (non-hydrogen) atoms. The van der Waals surface area contributed by atoms with Crippen LogP contribution in [-0.2, 0) is 0 Å². The van der Waals surface area contributed by atoms with Crippen molar-refractivity contribution in [3.8, 4) is 5.69 Å². The summed E-state index contributed by atoms with van der Waals surface area (Å²) in [6.07, 6.45) is 0. The lowest BCUT2D eigenvalue weighted by molar-refractivity contribution is 1.18. The van der Waals surface area contributed by atoms with E-state index >= 15 is 0 Å². The zero-order valence-electron chi connectivity index (χ0n) is 19.2. The molecule has 164 valence electrons. The van der Waals surface area contributed by atoms with Gasteiger partial charge in [-0.05, 0) is 64.9 Å². The number of fused-ring (bicyclic) bond motifs is 11. The first-order chi connectivity index (χ1) is 17.3. The molecular weight excluding hydrogens is 442 g/mol. The highest BCUT2D eigenvalue weighted by Crippen LogP contribution is 2.44. The van der Waals surface area contributed by atoms with E-state index in [2.05, 4.69) is 121 Å². The van der Waals surface area contributed by atoms with Gasteiger partial charge in [0, 0.05) is 36.6 Å². The second-order valence-electron chi connectivity index (χ2n) is 9.44. The highest BCUT2D eigenvalue weighted by molar-refractivity contribution is 7.26. The summed E-state index contributed by atoms with van der Waals surface area (Å²) in [5.74, 6) is 0. The predicted molar refractivity (Wildman–Crippen MR) is 153 cm³/mol. The van der Waals surface area contributed by atoms with Crippen LogP contribution in [0, 0.1) is 6.92 Å². The summed E-state index contributed by atoms with van der Waals surface area (Å²) in [5.41, 5.74) is 4.98. The number of benzene rings is 6. The molecule has 0 aliphatic heterocycles. The maximum Gasteiger partial charge on any atom is 0.0547 e. The topological polar surface area (TPSA) is 4.93 Å². The molecular formula is C33H21NS. The van der Waals surface area contributed by atoms with Gasteiger partial charge in [0.2, 0.25) is 0 Å². The van der Waals surface area contributed by atoms with E-state index in [4.69, 9.17) is 0 Å². The molecule has 6 aromatic carbocycles. The number of para-hydroxylation sites is 1. The minimum absolute atomic E-state index is 1.20. The van der Waals surface area contributed by atoms with Gasteiger partial charge in [0.1, 0.15) is 0 Å². The smallest absolute Gasteiger partial charge is 0.0547 e. The van der Waals surface area contributed by atoms with Crippen molar-refractivity contribution in [3.05, 3.63) is 115 Å². The van der Waals surface area contributed by atoms with E-state index in [1.54, 1.807) is 0 Å². The summed E-state index contributed by atoms with van der Waals surface area (Å²) in [6.45, 7) is 2.14. The van der Waals surface area contributed by atoms with Gasteiger partial charge < -0.3 is 4.57 Å². The summed E-state index contributed by atoms with van der Waals surface area (Å²) < 4.78 is 5.12. The van der Waals surface area contributed by atoms with Crippen molar-refractivity contribution >= 4 is 74.9 Å². The van der Waals surface area contributed by atoms with Crippen molar-refractivity contribution in [2.45, 2.75) is 6.92 Å². The molecule has 0 N–H and O–H groups in total. The van der Waals surface area contributed by atoms with Crippen LogP contribution >= 0.6 is 11.3 Å². The van der Waals surface area contributed by atoms with Crippen LogP contribution in [0.3, 0.4) is 0 Å². The predicted octanol–water partition coefficient (Wildman–Crippen LogP) is 9.77. The molecule has 0 aliphatic rings. The fraction of sp³-hybridized carbons (Fsp3) is 0.0303. The third-order valence-corrected chi connectivity index (χ3v) is 8.58. The van der Waals surface area contributed by atoms with Crippen molar-refractivity contribution in [2.75, 3.05) is 0 Å². The Morgan fingerprint density at radius 1 is 0.486 bits per heavy atom. The van der Waals surface area contributed by atoms with Gasteiger partial charge in [0.15, 0.2) is 0 Å². The van der Waals surface area contributed by atoms with Crippen LogP contribution in [0.25, 0.3) is 69.2 Å². The Bertz CT molecular complexity index is 2110. The van der Waals surface area contributed by atoms with Gasteiger partial charge in [-0.25, -0.2) is 0 Å². The van der Waals surface area contributed by atoms with E-state index in [-0.39, 0.29) is 0 Å². The molecule has 0 spiro atoms. The Morgan fingerprint density at radius 2 is 1.20 bits per heavy atom. The molecule has 0 fully saturated rings. The van der Waals surface area contributed by atoms with Gasteiger partial charge in [0.25, 0.3) is 0 Å². The van der Waals surface area contributed by atoms with Crippen LogP contribution in [0.15, 0.2) is 109 Å². The van der Waals surface area contributed by atoms with Crippen LogP contribution in [0.2, 0.25) is 0 Å². The van der Waals surface area contributed by atoms with Crippen LogP contribution in [0.1, 0.15) is 5.56 Å². The molecule has 8 aromatic rings. The van der Waals surface area contributed by atoms with Crippen LogP contribution in [-0.4, -0.2) is 4.57 Å². The van der Waals surface area contributed by atoms with E-state index in [0.717, 1.165) is 0 Å². The normalized spacial score (nSPS) is 12.1. The second-order valence-corrected chi connectivity index (χ2v) is 10.5. The molecule has 1 nitrogen and oxygen atoms in total. The Morgan fingerprint density at radius 3 is 2.09 bits per heavy atom. The van der Waals surface area contributed by atoms with Crippen molar-refractivity contribution in [1.29, 1.82) is 0 Å². The van der Waals surface area contributed by atoms with Gasteiger partial charge in [-0.2, -0.15) is 0 Å². The number of aromatic nitrogens is 1. The maximum absolute atomic E-state index is 2.41. The second kappa shape index (κ2) is 6.94. The zero-order chi connectivity index (χ0) is 23.1. The highest BCUT2D eigenvalue weighted by Gasteiger charge is 2.17. The molecule has 8 rings (SSSR count). The van der Waals surface area contributed by atoms with Crippen molar-refractivity contribution in [1.82, 2.24) is 4.57 Å². The lowest BCUT2D eigenvalue weighted by Crippen LogP contribution is -1.93. The van der Waals surface area contributed by atoms with E-state index in [1.807, 2.05) is 11.3 Å². The summed E-state index contributed by atoms with van der Waals surface area (Å²) in [4.78, 5) is 0. The quantitative estimate of drug-likeness (QED) is 0.213. The minimum Gasteiger partial charge on any atom is -0.309 e. The summed E-state index contributed by atoms with van der Waals surface area (Å²) in [7, 11) is 0. The third-order valence-electron chi connectivity index (χ3n) is 7.45. The van der Waals surface area contributed by atoms with Crippen molar-refractivity contribution in [3.63, 3.8) is 0 Å². The summed E-state index contributed by atoms with van der Waals surface area (Å²) in [6, 6.07) is 40.3. The number of hydrogen-bond acceptors (Lipinski definition) is 1. The van der Waals surface area contributed by atoms with Gasteiger partial charge in [0.05, 0.1) is 11.0 Å². The Hall–Kier alpha value is -4.14. The third kappa shape index (κ3) is 2.58. The summed E-state index contributed by atoms with van der Waals surface area (Å²) >= 11 is 1.89. The minimum atomic E-state index is 1.20. The molecule has 0 saturated heterocycles. The van der Waals surface area contributed by atoms with Crippen LogP contribution in [0.5, 0.6) is 0 Å². The van der Waals surface area contributed by atoms with Crippen molar-refractivity contribution in [2.24, 2.45) is 0 Å². The van der Waals surface area contributed by atoms with E-state index < -0.39 is 0 Å². The van der Waals surface area contributed by atoms with Gasteiger partial charge in [-0.15, -0.1) is 11.3 Å². The SMILES string of the molecule is Cc1ccc(-n2c3ccccc3c3c4ccc5ccc6sc7ccccc7c6c5c4ccc32)cc1. The largest absolute Gasteiger partial charge is 0.309 e. The standard InChI is InChI=1S/C33H21NS/c1-20-10-14-22(15-11-20)34-27-8-4-2-6-25(27)32-24-16-12-21-13-19-30-33(26-7-3-5-9-29(26)35-30)31(21)23(24)17-18-28(32)34/h2-19H,1H3. The Labute approximate surface area is 206 Å². The fourth-order valence-electron chi connectivity index (χ4n) is 5.89. The number of nitrogens with zero attached hydrogens (tertiary/aromatic N) is 1. The monoisotopic (exact) mass is 463 g/mol. The number of hydrogen-bond donors (Lipinski definition) is 0. The summed E-state index contributed by atoms with van der Waals surface area (Å²) in [5, 5.41) is 10.7. The number of thiophene rings is 1. The molecule has 2 aromatic heterocycles. The van der Waals surface area contributed by atoms with Gasteiger partial charge >= 0.3 is 0 Å². The lowest BCUT2D eigenvalue weighted by atomic mass is 9.95. The van der Waals surface area contributed by atoms with Gasteiger partial charge in [-0.1, -0.05) is 78.4 Å². The first kappa shape index (κ1) is 19.2. The molecule has 0 aliphatic carbocycles. The molecule has 0 radical (unpaired) electrons. The van der Waals surface area contributed by atoms with Crippen LogP contribution < -0.4 is 0 Å². The average Bonchev–Trinajstić information content (AvgIpc) is 3.45. The highest BCUT2D eigenvalue weighted by atomic mass is 32.1. The first-order valence-corrected chi connectivity index (χ1v) is 12.9. The van der Waals surface area contributed by atoms with E-state index in [0.29, 0.717) is 0 Å². The molecule has 0 atom stereocenters. The van der Waals surface area contributed by atoms with Crippen molar-refractivity contribution < 1.29 is 0 Å². The van der Waals surface area contributed by atoms with Gasteiger partial charge in [-0.3, -0.25) is 0 Å². The maximum atomic E-state index is 2.41. The lowest BCUT2D eigenvalue weighted by Gasteiger charge is -2.10. The number of aryl methyl sites for hydroxylation is 1. The fourth-order valence-corrected chi connectivity index (χ4v) is 7.00. The number of rotatable bonds is 1. The molecule has 0 saturated carbocycles. The molecule has 0 unspecified atom stereocenters. The van der Waals surface area contributed by atoms with Crippen LogP contribution in [0.4, 0.5) is 0 Å².